The lowest BCUT2D eigenvalue weighted by molar-refractivity contribution is -0.140. The second-order valence-electron chi connectivity index (χ2n) is 2.97. The van der Waals surface area contributed by atoms with Crippen molar-refractivity contribution in [1.82, 2.24) is 0 Å². The highest BCUT2D eigenvalue weighted by molar-refractivity contribution is 5.74. The summed E-state index contributed by atoms with van der Waals surface area (Å²) in [5, 5.41) is 17.3. The SMILES string of the molecule is N[C@H](C(=O)O)C(F)c1ccc(O)cc1F. The molecule has 0 aliphatic carbocycles. The van der Waals surface area contributed by atoms with Gasteiger partial charge in [0.1, 0.15) is 17.6 Å². The predicted octanol–water partition coefficient (Wildman–Crippen LogP) is 0.954. The average Bonchev–Trinajstić information content (AvgIpc) is 2.15. The first-order valence-electron chi connectivity index (χ1n) is 4.04. The summed E-state index contributed by atoms with van der Waals surface area (Å²) in [6.45, 7) is 0. The second kappa shape index (κ2) is 4.22. The number of hydrogen-bond acceptors (Lipinski definition) is 3. The minimum Gasteiger partial charge on any atom is -0.508 e. The maximum absolute atomic E-state index is 13.3. The van der Waals surface area contributed by atoms with Crippen LogP contribution < -0.4 is 5.73 Å². The third-order valence-electron chi connectivity index (χ3n) is 1.88. The number of rotatable bonds is 3. The molecule has 0 aliphatic rings. The van der Waals surface area contributed by atoms with Crippen molar-refractivity contribution in [3.8, 4) is 5.75 Å². The van der Waals surface area contributed by atoms with E-state index in [0.717, 1.165) is 12.1 Å². The summed E-state index contributed by atoms with van der Waals surface area (Å²) < 4.78 is 26.4. The Hall–Kier alpha value is -1.69. The second-order valence-corrected chi connectivity index (χ2v) is 2.97. The van der Waals surface area contributed by atoms with E-state index in [9.17, 15) is 13.6 Å². The third-order valence-corrected chi connectivity index (χ3v) is 1.88. The number of phenolic OH excluding ortho intramolecular Hbond substituents is 1. The van der Waals surface area contributed by atoms with Crippen LogP contribution in [0.25, 0.3) is 0 Å². The van der Waals surface area contributed by atoms with E-state index in [0.29, 0.717) is 6.07 Å². The molecule has 0 heterocycles. The Bertz CT molecular complexity index is 384. The van der Waals surface area contributed by atoms with Crippen molar-refractivity contribution < 1.29 is 23.8 Å². The zero-order chi connectivity index (χ0) is 11.6. The number of carboxylic acids is 1. The van der Waals surface area contributed by atoms with Crippen molar-refractivity contribution in [3.63, 3.8) is 0 Å². The fraction of sp³-hybridized carbons (Fsp3) is 0.222. The molecule has 0 amide bonds. The first-order chi connectivity index (χ1) is 6.93. The molecular formula is C9H9F2NO3. The Labute approximate surface area is 83.9 Å². The number of alkyl halides is 1. The molecular weight excluding hydrogens is 208 g/mol. The molecule has 6 heteroatoms. The van der Waals surface area contributed by atoms with Crippen molar-refractivity contribution in [2.45, 2.75) is 12.2 Å². The van der Waals surface area contributed by atoms with Crippen LogP contribution in [0.3, 0.4) is 0 Å². The van der Waals surface area contributed by atoms with Gasteiger partial charge in [0.15, 0.2) is 6.17 Å². The first kappa shape index (κ1) is 11.4. The van der Waals surface area contributed by atoms with Gasteiger partial charge >= 0.3 is 5.97 Å². The van der Waals surface area contributed by atoms with Gasteiger partial charge < -0.3 is 15.9 Å². The van der Waals surface area contributed by atoms with E-state index in [2.05, 4.69) is 0 Å². The number of phenols is 1. The van der Waals surface area contributed by atoms with Crippen molar-refractivity contribution in [1.29, 1.82) is 0 Å². The summed E-state index contributed by atoms with van der Waals surface area (Å²) in [4.78, 5) is 10.4. The van der Waals surface area contributed by atoms with Crippen LogP contribution in [-0.2, 0) is 4.79 Å². The van der Waals surface area contributed by atoms with Crippen LogP contribution in [0.4, 0.5) is 8.78 Å². The van der Waals surface area contributed by atoms with Crippen LogP contribution in [0.5, 0.6) is 5.75 Å². The lowest BCUT2D eigenvalue weighted by Gasteiger charge is -2.13. The number of aliphatic carboxylic acids is 1. The Kier molecular flexibility index (Phi) is 3.21. The van der Waals surface area contributed by atoms with Crippen LogP contribution >= 0.6 is 0 Å². The Morgan fingerprint density at radius 2 is 2.07 bits per heavy atom. The molecule has 0 aliphatic heterocycles. The van der Waals surface area contributed by atoms with Crippen LogP contribution in [-0.4, -0.2) is 22.2 Å². The third kappa shape index (κ3) is 2.41. The smallest absolute Gasteiger partial charge is 0.323 e. The Morgan fingerprint density at radius 1 is 1.47 bits per heavy atom. The van der Waals surface area contributed by atoms with E-state index in [-0.39, 0.29) is 5.75 Å². The number of hydrogen-bond donors (Lipinski definition) is 3. The molecule has 1 unspecified atom stereocenters. The quantitative estimate of drug-likeness (QED) is 0.703. The monoisotopic (exact) mass is 217 g/mol. The molecule has 1 aromatic carbocycles. The van der Waals surface area contributed by atoms with Crippen molar-refractivity contribution >= 4 is 5.97 Å². The summed E-state index contributed by atoms with van der Waals surface area (Å²) in [7, 11) is 0. The maximum atomic E-state index is 13.3. The molecule has 0 saturated heterocycles. The van der Waals surface area contributed by atoms with Crippen molar-refractivity contribution in [2.24, 2.45) is 5.73 Å². The van der Waals surface area contributed by atoms with Gasteiger partial charge in [0.2, 0.25) is 0 Å². The van der Waals surface area contributed by atoms with Gasteiger partial charge in [-0.3, -0.25) is 4.79 Å². The molecule has 4 nitrogen and oxygen atoms in total. The van der Waals surface area contributed by atoms with E-state index in [1.807, 2.05) is 0 Å². The fourth-order valence-electron chi connectivity index (χ4n) is 1.06. The van der Waals surface area contributed by atoms with Gasteiger partial charge in [0, 0.05) is 11.6 Å². The predicted molar refractivity (Wildman–Crippen MR) is 47.5 cm³/mol. The van der Waals surface area contributed by atoms with Crippen molar-refractivity contribution in [3.05, 3.63) is 29.6 Å². The average molecular weight is 217 g/mol. The number of carbonyl (C=O) groups is 1. The molecule has 1 rings (SSSR count). The lowest BCUT2D eigenvalue weighted by atomic mass is 10.0. The van der Waals surface area contributed by atoms with Gasteiger partial charge in [-0.1, -0.05) is 0 Å². The molecule has 82 valence electrons. The van der Waals surface area contributed by atoms with E-state index in [1.165, 1.54) is 0 Å². The lowest BCUT2D eigenvalue weighted by Crippen LogP contribution is -2.35. The van der Waals surface area contributed by atoms with E-state index >= 15 is 0 Å². The van der Waals surface area contributed by atoms with Crippen LogP contribution in [0.1, 0.15) is 11.7 Å². The zero-order valence-electron chi connectivity index (χ0n) is 7.52. The fourth-order valence-corrected chi connectivity index (χ4v) is 1.06. The van der Waals surface area contributed by atoms with Gasteiger partial charge in [-0.15, -0.1) is 0 Å². The van der Waals surface area contributed by atoms with Crippen LogP contribution in [0.2, 0.25) is 0 Å². The largest absolute Gasteiger partial charge is 0.508 e. The molecule has 1 aromatic rings. The number of nitrogens with two attached hydrogens (primary N) is 1. The molecule has 0 aromatic heterocycles. The zero-order valence-corrected chi connectivity index (χ0v) is 7.52. The standard InChI is InChI=1S/C9H9F2NO3/c10-6-3-4(13)1-2-5(6)7(11)8(12)9(14)15/h1-3,7-8,13H,12H2,(H,14,15)/t7?,8-/m0/s1. The van der Waals surface area contributed by atoms with E-state index in [1.54, 1.807) is 0 Å². The van der Waals surface area contributed by atoms with Gasteiger partial charge in [0.25, 0.3) is 0 Å². The molecule has 0 bridgehead atoms. The summed E-state index contributed by atoms with van der Waals surface area (Å²) in [6.07, 6.45) is -2.15. The highest BCUT2D eigenvalue weighted by Crippen LogP contribution is 2.25. The number of carboxylic acid groups (broad SMARTS) is 1. The van der Waals surface area contributed by atoms with Gasteiger partial charge in [0.05, 0.1) is 0 Å². The summed E-state index contributed by atoms with van der Waals surface area (Å²) >= 11 is 0. The molecule has 4 N–H and O–H groups in total. The number of benzene rings is 1. The van der Waals surface area contributed by atoms with Crippen LogP contribution in [0.15, 0.2) is 18.2 Å². The normalized spacial score (nSPS) is 14.6. The summed E-state index contributed by atoms with van der Waals surface area (Å²) in [6, 6.07) is 0.873. The minimum absolute atomic E-state index is 0.368. The first-order valence-corrected chi connectivity index (χ1v) is 4.04. The molecule has 2 atom stereocenters. The molecule has 0 spiro atoms. The molecule has 0 saturated carbocycles. The van der Waals surface area contributed by atoms with E-state index in [4.69, 9.17) is 15.9 Å². The maximum Gasteiger partial charge on any atom is 0.323 e. The van der Waals surface area contributed by atoms with E-state index < -0.39 is 29.6 Å². The summed E-state index contributed by atoms with van der Waals surface area (Å²) in [5.41, 5.74) is 4.51. The van der Waals surface area contributed by atoms with Gasteiger partial charge in [-0.25, -0.2) is 8.78 Å². The van der Waals surface area contributed by atoms with Crippen LogP contribution in [0, 0.1) is 5.82 Å². The Balaban J connectivity index is 3.01. The number of aromatic hydroxyl groups is 1. The highest BCUT2D eigenvalue weighted by Gasteiger charge is 2.27. The summed E-state index contributed by atoms with van der Waals surface area (Å²) in [5.74, 6) is -2.96. The molecule has 0 fully saturated rings. The number of halogens is 2. The molecule has 0 radical (unpaired) electrons. The highest BCUT2D eigenvalue weighted by atomic mass is 19.1. The minimum atomic E-state index is -2.15. The Morgan fingerprint density at radius 3 is 2.53 bits per heavy atom. The molecule has 15 heavy (non-hydrogen) atoms. The van der Waals surface area contributed by atoms with Gasteiger partial charge in [-0.05, 0) is 12.1 Å². The van der Waals surface area contributed by atoms with Crippen molar-refractivity contribution in [2.75, 3.05) is 0 Å². The topological polar surface area (TPSA) is 83.6 Å². The van der Waals surface area contributed by atoms with Gasteiger partial charge in [-0.2, -0.15) is 0 Å².